The Balaban J connectivity index is 1.45. The van der Waals surface area contributed by atoms with Crippen molar-refractivity contribution in [1.29, 1.82) is 0 Å². The summed E-state index contributed by atoms with van der Waals surface area (Å²) in [6.45, 7) is 4.22. The van der Waals surface area contributed by atoms with Crippen molar-refractivity contribution >= 4 is 21.8 Å². The molecule has 0 saturated heterocycles. The van der Waals surface area contributed by atoms with E-state index in [1.807, 2.05) is 72.8 Å². The Morgan fingerprint density at radius 2 is 0.978 bits per heavy atom. The molecule has 2 heterocycles. The average Bonchev–Trinajstić information content (AvgIpc) is 3.41. The second-order valence-electron chi connectivity index (χ2n) is 11.6. The van der Waals surface area contributed by atoms with E-state index in [1.165, 1.54) is 28.0 Å². The van der Waals surface area contributed by atoms with Crippen LogP contribution >= 0.6 is 0 Å². The van der Waals surface area contributed by atoms with Crippen LogP contribution in [0.3, 0.4) is 0 Å². The van der Waals surface area contributed by atoms with Crippen LogP contribution in [-0.4, -0.2) is 19.5 Å². The molecule has 0 spiro atoms. The normalized spacial score (nSPS) is 11.4. The van der Waals surface area contributed by atoms with Gasteiger partial charge in [0.15, 0.2) is 17.5 Å². The third-order valence-corrected chi connectivity index (χ3v) is 8.44. The predicted octanol–water partition coefficient (Wildman–Crippen LogP) is 10.4. The summed E-state index contributed by atoms with van der Waals surface area (Å²) < 4.78 is 17.8. The molecule has 6 aromatic carbocycles. The van der Waals surface area contributed by atoms with E-state index in [9.17, 15) is 0 Å². The SMILES string of the molecule is Cc1ccc2c3ccc(C)cc3n(-c3ccc(-c4ccccc4F)c(-c4nc(-c5ccccc5)nc(-c5ccccc5)n4)c3)c2c1. The Bertz CT molecular complexity index is 2280. The quantitative estimate of drug-likeness (QED) is 0.199. The van der Waals surface area contributed by atoms with Gasteiger partial charge in [0.25, 0.3) is 0 Å². The van der Waals surface area contributed by atoms with Crippen LogP contribution < -0.4 is 0 Å². The highest BCUT2D eigenvalue weighted by Gasteiger charge is 2.20. The lowest BCUT2D eigenvalue weighted by Crippen LogP contribution is -2.03. The maximum atomic E-state index is 15.5. The smallest absolute Gasteiger partial charge is 0.164 e. The van der Waals surface area contributed by atoms with Crippen LogP contribution in [0.2, 0.25) is 0 Å². The molecule has 8 aromatic rings. The molecular weight excluding hydrogens is 567 g/mol. The zero-order valence-electron chi connectivity index (χ0n) is 25.4. The van der Waals surface area contributed by atoms with Gasteiger partial charge in [0.2, 0.25) is 0 Å². The summed E-state index contributed by atoms with van der Waals surface area (Å²) in [5.74, 6) is 1.27. The summed E-state index contributed by atoms with van der Waals surface area (Å²) >= 11 is 0. The Kier molecular flexibility index (Phi) is 6.72. The molecule has 220 valence electrons. The zero-order chi connectivity index (χ0) is 31.2. The maximum absolute atomic E-state index is 15.5. The van der Waals surface area contributed by atoms with Gasteiger partial charge in [-0.3, -0.25) is 0 Å². The number of hydrogen-bond acceptors (Lipinski definition) is 3. The number of hydrogen-bond donors (Lipinski definition) is 0. The highest BCUT2D eigenvalue weighted by molar-refractivity contribution is 6.09. The van der Waals surface area contributed by atoms with Gasteiger partial charge in [-0.2, -0.15) is 0 Å². The minimum atomic E-state index is -0.305. The van der Waals surface area contributed by atoms with Gasteiger partial charge in [-0.1, -0.05) is 109 Å². The van der Waals surface area contributed by atoms with Crippen molar-refractivity contribution in [3.05, 3.63) is 156 Å². The molecule has 46 heavy (non-hydrogen) atoms. The third kappa shape index (κ3) is 4.83. The molecule has 0 N–H and O–H groups in total. The van der Waals surface area contributed by atoms with Crippen LogP contribution in [-0.2, 0) is 0 Å². The topological polar surface area (TPSA) is 43.6 Å². The van der Waals surface area contributed by atoms with Crippen molar-refractivity contribution in [3.63, 3.8) is 0 Å². The van der Waals surface area contributed by atoms with Crippen molar-refractivity contribution < 1.29 is 4.39 Å². The Hall–Kier alpha value is -5.94. The van der Waals surface area contributed by atoms with Gasteiger partial charge >= 0.3 is 0 Å². The molecule has 0 saturated carbocycles. The molecule has 2 aromatic heterocycles. The van der Waals surface area contributed by atoms with E-state index in [0.717, 1.165) is 33.4 Å². The second-order valence-corrected chi connectivity index (χ2v) is 11.6. The van der Waals surface area contributed by atoms with Crippen LogP contribution in [0.1, 0.15) is 11.1 Å². The molecular formula is C41H29FN4. The molecule has 0 unspecified atom stereocenters. The van der Waals surface area contributed by atoms with Gasteiger partial charge in [-0.25, -0.2) is 19.3 Å². The number of rotatable bonds is 5. The van der Waals surface area contributed by atoms with Gasteiger partial charge < -0.3 is 4.57 Å². The third-order valence-electron chi connectivity index (χ3n) is 8.44. The predicted molar refractivity (Wildman–Crippen MR) is 185 cm³/mol. The maximum Gasteiger partial charge on any atom is 0.164 e. The summed E-state index contributed by atoms with van der Waals surface area (Å²) in [7, 11) is 0. The van der Waals surface area contributed by atoms with E-state index < -0.39 is 0 Å². The Labute approximate surface area is 266 Å². The minimum absolute atomic E-state index is 0.305. The first-order valence-corrected chi connectivity index (χ1v) is 15.3. The first-order chi connectivity index (χ1) is 22.5. The van der Waals surface area contributed by atoms with Crippen LogP contribution in [0.5, 0.6) is 0 Å². The molecule has 4 nitrogen and oxygen atoms in total. The number of aryl methyl sites for hydroxylation is 2. The lowest BCUT2D eigenvalue weighted by molar-refractivity contribution is 0.631. The van der Waals surface area contributed by atoms with Gasteiger partial charge in [0.05, 0.1) is 11.0 Å². The van der Waals surface area contributed by atoms with E-state index >= 15 is 4.39 Å². The van der Waals surface area contributed by atoms with Crippen LogP contribution in [0, 0.1) is 19.7 Å². The summed E-state index contributed by atoms with van der Waals surface area (Å²) in [6.07, 6.45) is 0. The van der Waals surface area contributed by atoms with Gasteiger partial charge in [-0.05, 0) is 60.9 Å². The van der Waals surface area contributed by atoms with Crippen LogP contribution in [0.25, 0.3) is 72.8 Å². The summed E-state index contributed by atoms with van der Waals surface area (Å²) in [4.78, 5) is 15.0. The number of nitrogens with zero attached hydrogens (tertiary/aromatic N) is 4. The highest BCUT2D eigenvalue weighted by atomic mass is 19.1. The fourth-order valence-corrected chi connectivity index (χ4v) is 6.22. The summed E-state index contributed by atoms with van der Waals surface area (Å²) in [5.41, 5.74) is 9.17. The first-order valence-electron chi connectivity index (χ1n) is 15.3. The molecule has 5 heteroatoms. The average molecular weight is 597 g/mol. The van der Waals surface area contributed by atoms with Gasteiger partial charge in [0, 0.05) is 38.7 Å². The highest BCUT2D eigenvalue weighted by Crippen LogP contribution is 2.38. The minimum Gasteiger partial charge on any atom is -0.309 e. The van der Waals surface area contributed by atoms with Gasteiger partial charge in [0.1, 0.15) is 5.82 Å². The van der Waals surface area contributed by atoms with E-state index in [0.29, 0.717) is 28.6 Å². The fraction of sp³-hybridized carbons (Fsp3) is 0.0488. The zero-order valence-corrected chi connectivity index (χ0v) is 25.4. The molecule has 0 aliphatic heterocycles. The molecule has 0 bridgehead atoms. The molecule has 0 fully saturated rings. The van der Waals surface area contributed by atoms with Gasteiger partial charge in [-0.15, -0.1) is 0 Å². The second kappa shape index (κ2) is 11.2. The molecule has 0 aliphatic carbocycles. The molecule has 0 aliphatic rings. The number of fused-ring (bicyclic) bond motifs is 3. The molecule has 8 rings (SSSR count). The summed E-state index contributed by atoms with van der Waals surface area (Å²) in [6, 6.07) is 45.9. The number of halogens is 1. The van der Waals surface area contributed by atoms with Crippen molar-refractivity contribution in [2.75, 3.05) is 0 Å². The van der Waals surface area contributed by atoms with Crippen molar-refractivity contribution in [3.8, 4) is 51.0 Å². The number of benzene rings is 6. The van der Waals surface area contributed by atoms with Crippen LogP contribution in [0.4, 0.5) is 4.39 Å². The standard InChI is InChI=1S/C41H29FN4/c1-26-17-20-33-34-21-18-27(2)24-38(34)46(37(33)23-26)30-19-22-31(32-15-9-10-16-36(32)42)35(25-30)41-44-39(28-11-5-3-6-12-28)43-40(45-41)29-13-7-4-8-14-29/h3-25H,1-2H3. The van der Waals surface area contributed by atoms with Crippen molar-refractivity contribution in [2.24, 2.45) is 0 Å². The van der Waals surface area contributed by atoms with Crippen molar-refractivity contribution in [2.45, 2.75) is 13.8 Å². The van der Waals surface area contributed by atoms with Crippen molar-refractivity contribution in [1.82, 2.24) is 19.5 Å². The fourth-order valence-electron chi connectivity index (χ4n) is 6.22. The molecule has 0 atom stereocenters. The summed E-state index contributed by atoms with van der Waals surface area (Å²) in [5, 5.41) is 2.36. The lowest BCUT2D eigenvalue weighted by Gasteiger charge is -2.16. The molecule has 0 amide bonds. The first kappa shape index (κ1) is 27.6. The monoisotopic (exact) mass is 596 g/mol. The number of aromatic nitrogens is 4. The Morgan fingerprint density at radius 3 is 1.54 bits per heavy atom. The largest absolute Gasteiger partial charge is 0.309 e. The lowest BCUT2D eigenvalue weighted by atomic mass is 9.97. The van der Waals surface area contributed by atoms with E-state index in [4.69, 9.17) is 15.0 Å². The van der Waals surface area contributed by atoms with E-state index in [-0.39, 0.29) is 5.82 Å². The van der Waals surface area contributed by atoms with Crippen LogP contribution in [0.15, 0.2) is 140 Å². The Morgan fingerprint density at radius 1 is 0.457 bits per heavy atom. The van der Waals surface area contributed by atoms with E-state index in [2.05, 4.69) is 66.9 Å². The van der Waals surface area contributed by atoms with E-state index in [1.54, 1.807) is 12.1 Å². The molecule has 0 radical (unpaired) electrons.